The molecule has 7 nitrogen and oxygen atoms in total. The first-order valence-electron chi connectivity index (χ1n) is 7.46. The molecule has 1 N–H and O–H groups in total. The molecule has 24 heavy (non-hydrogen) atoms. The Morgan fingerprint density at radius 3 is 3.00 bits per heavy atom. The molecule has 0 bridgehead atoms. The Morgan fingerprint density at radius 1 is 1.42 bits per heavy atom. The molecule has 0 radical (unpaired) electrons. The summed E-state index contributed by atoms with van der Waals surface area (Å²) in [5.74, 6) is -1.13. The van der Waals surface area contributed by atoms with Crippen molar-refractivity contribution in [1.82, 2.24) is 14.7 Å². The third-order valence-electron chi connectivity index (χ3n) is 3.73. The molecule has 126 valence electrons. The van der Waals surface area contributed by atoms with E-state index >= 15 is 0 Å². The first-order valence-corrected chi connectivity index (χ1v) is 7.84. The van der Waals surface area contributed by atoms with E-state index in [-0.39, 0.29) is 18.9 Å². The molecule has 1 saturated heterocycles. The van der Waals surface area contributed by atoms with Crippen LogP contribution in [0.2, 0.25) is 5.02 Å². The molecule has 8 heteroatoms. The van der Waals surface area contributed by atoms with Crippen LogP contribution < -0.4 is 0 Å². The number of nitrogens with zero attached hydrogens (tertiary/aromatic N) is 3. The van der Waals surface area contributed by atoms with E-state index in [1.54, 1.807) is 34.0 Å². The lowest BCUT2D eigenvalue weighted by Crippen LogP contribution is -2.46. The zero-order chi connectivity index (χ0) is 17.1. The number of hydrogen-bond acceptors (Lipinski definition) is 4. The molecule has 1 atom stereocenters. The minimum Gasteiger partial charge on any atom is -0.481 e. The van der Waals surface area contributed by atoms with Gasteiger partial charge in [-0.25, -0.2) is 4.68 Å². The first kappa shape index (κ1) is 16.5. The molecule has 1 amide bonds. The van der Waals surface area contributed by atoms with E-state index in [0.29, 0.717) is 23.7 Å². The number of aromatic nitrogens is 2. The van der Waals surface area contributed by atoms with Crippen LogP contribution in [0.25, 0.3) is 5.69 Å². The maximum Gasteiger partial charge on any atom is 0.306 e. The van der Waals surface area contributed by atoms with Crippen LogP contribution in [-0.4, -0.2) is 57.5 Å². The van der Waals surface area contributed by atoms with Gasteiger partial charge in [-0.1, -0.05) is 17.7 Å². The standard InChI is InChI=1S/C16H16ClN3O4/c17-12-2-1-3-13(6-12)20-9-11(8-18-20)16(23)19-4-5-24-14(10-19)7-15(21)22/h1-3,6,8-9,14H,4-5,7,10H2,(H,21,22). The SMILES string of the molecule is O=C(O)CC1CN(C(=O)c2cnn(-c3cccc(Cl)c3)c2)CCO1. The average molecular weight is 350 g/mol. The van der Waals surface area contributed by atoms with Crippen molar-refractivity contribution < 1.29 is 19.4 Å². The van der Waals surface area contributed by atoms with Gasteiger partial charge in [0.15, 0.2) is 0 Å². The highest BCUT2D eigenvalue weighted by molar-refractivity contribution is 6.30. The highest BCUT2D eigenvalue weighted by atomic mass is 35.5. The molecule has 0 spiro atoms. The maximum atomic E-state index is 12.6. The number of benzene rings is 1. The molecule has 2 aromatic rings. The molecular weight excluding hydrogens is 334 g/mol. The predicted molar refractivity (Wildman–Crippen MR) is 86.5 cm³/mol. The lowest BCUT2D eigenvalue weighted by molar-refractivity contribution is -0.141. The number of hydrogen-bond donors (Lipinski definition) is 1. The summed E-state index contributed by atoms with van der Waals surface area (Å²) in [5.41, 5.74) is 1.19. The van der Waals surface area contributed by atoms with Gasteiger partial charge < -0.3 is 14.7 Å². The van der Waals surface area contributed by atoms with Crippen LogP contribution in [0.1, 0.15) is 16.8 Å². The number of carboxylic acid groups (broad SMARTS) is 1. The minimum absolute atomic E-state index is 0.119. The van der Waals surface area contributed by atoms with Crippen LogP contribution in [0.5, 0.6) is 0 Å². The Hall–Kier alpha value is -2.38. The number of ether oxygens (including phenoxy) is 1. The number of halogens is 1. The maximum absolute atomic E-state index is 12.6. The summed E-state index contributed by atoms with van der Waals surface area (Å²) < 4.78 is 6.96. The fourth-order valence-corrected chi connectivity index (χ4v) is 2.78. The van der Waals surface area contributed by atoms with Crippen molar-refractivity contribution in [2.75, 3.05) is 19.7 Å². The molecule has 3 rings (SSSR count). The van der Waals surface area contributed by atoms with Crippen LogP contribution in [0.4, 0.5) is 0 Å². The van der Waals surface area contributed by atoms with Crippen LogP contribution in [0.3, 0.4) is 0 Å². The van der Waals surface area contributed by atoms with Crippen LogP contribution in [-0.2, 0) is 9.53 Å². The van der Waals surface area contributed by atoms with Crippen molar-refractivity contribution in [1.29, 1.82) is 0 Å². The van der Waals surface area contributed by atoms with Crippen LogP contribution >= 0.6 is 11.6 Å². The fraction of sp³-hybridized carbons (Fsp3) is 0.312. The molecule has 1 aromatic heterocycles. The Bertz CT molecular complexity index is 761. The zero-order valence-corrected chi connectivity index (χ0v) is 13.5. The van der Waals surface area contributed by atoms with E-state index < -0.39 is 12.1 Å². The molecule has 1 aliphatic rings. The Kier molecular flexibility index (Phi) is 4.82. The smallest absolute Gasteiger partial charge is 0.306 e. The molecular formula is C16H16ClN3O4. The van der Waals surface area contributed by atoms with Gasteiger partial charge in [-0.15, -0.1) is 0 Å². The highest BCUT2D eigenvalue weighted by Gasteiger charge is 2.27. The summed E-state index contributed by atoms with van der Waals surface area (Å²) in [6.45, 7) is 1.01. The highest BCUT2D eigenvalue weighted by Crippen LogP contribution is 2.16. The van der Waals surface area contributed by atoms with E-state index in [9.17, 15) is 9.59 Å². The van der Waals surface area contributed by atoms with Crippen LogP contribution in [0.15, 0.2) is 36.7 Å². The van der Waals surface area contributed by atoms with Gasteiger partial charge in [-0.05, 0) is 18.2 Å². The fourth-order valence-electron chi connectivity index (χ4n) is 2.60. The summed E-state index contributed by atoms with van der Waals surface area (Å²) in [4.78, 5) is 25.0. The monoisotopic (exact) mass is 349 g/mol. The van der Waals surface area contributed by atoms with Crippen molar-refractivity contribution in [3.8, 4) is 5.69 Å². The molecule has 1 aliphatic heterocycles. The largest absolute Gasteiger partial charge is 0.481 e. The lowest BCUT2D eigenvalue weighted by Gasteiger charge is -2.32. The quantitative estimate of drug-likeness (QED) is 0.910. The summed E-state index contributed by atoms with van der Waals surface area (Å²) in [5, 5.41) is 13.6. The number of carboxylic acids is 1. The van der Waals surface area contributed by atoms with Gasteiger partial charge in [0.2, 0.25) is 0 Å². The number of carbonyl (C=O) groups is 2. The van der Waals surface area contributed by atoms with Gasteiger partial charge in [0.25, 0.3) is 5.91 Å². The first-order chi connectivity index (χ1) is 11.5. The van der Waals surface area contributed by atoms with Crippen molar-refractivity contribution in [2.45, 2.75) is 12.5 Å². The van der Waals surface area contributed by atoms with Gasteiger partial charge in [-0.3, -0.25) is 9.59 Å². The topological polar surface area (TPSA) is 84.7 Å². The number of rotatable bonds is 4. The molecule has 2 heterocycles. The summed E-state index contributed by atoms with van der Waals surface area (Å²) >= 11 is 5.97. The number of carbonyl (C=O) groups excluding carboxylic acids is 1. The van der Waals surface area contributed by atoms with E-state index in [1.807, 2.05) is 6.07 Å². The zero-order valence-electron chi connectivity index (χ0n) is 12.8. The van der Waals surface area contributed by atoms with Crippen molar-refractivity contribution in [3.63, 3.8) is 0 Å². The van der Waals surface area contributed by atoms with E-state index in [4.69, 9.17) is 21.4 Å². The molecule has 1 unspecified atom stereocenters. The molecule has 1 aromatic carbocycles. The second kappa shape index (κ2) is 7.02. The van der Waals surface area contributed by atoms with E-state index in [1.165, 1.54) is 6.20 Å². The number of amides is 1. The van der Waals surface area contributed by atoms with Gasteiger partial charge in [0.05, 0.1) is 36.6 Å². The Balaban J connectivity index is 1.72. The number of aliphatic carboxylic acids is 1. The number of morpholine rings is 1. The van der Waals surface area contributed by atoms with Gasteiger partial charge >= 0.3 is 5.97 Å². The van der Waals surface area contributed by atoms with Crippen molar-refractivity contribution >= 4 is 23.5 Å². The van der Waals surface area contributed by atoms with Crippen molar-refractivity contribution in [2.24, 2.45) is 0 Å². The molecule has 0 saturated carbocycles. The molecule has 0 aliphatic carbocycles. The predicted octanol–water partition coefficient (Wildman–Crippen LogP) is 1.84. The third kappa shape index (κ3) is 3.74. The van der Waals surface area contributed by atoms with Gasteiger partial charge in [-0.2, -0.15) is 5.10 Å². The summed E-state index contributed by atoms with van der Waals surface area (Å²) in [6.07, 6.45) is 2.52. The Morgan fingerprint density at radius 2 is 2.25 bits per heavy atom. The summed E-state index contributed by atoms with van der Waals surface area (Å²) in [6, 6.07) is 7.15. The van der Waals surface area contributed by atoms with Crippen LogP contribution in [0, 0.1) is 0 Å². The lowest BCUT2D eigenvalue weighted by atomic mass is 10.2. The van der Waals surface area contributed by atoms with E-state index in [2.05, 4.69) is 5.10 Å². The Labute approximate surface area is 143 Å². The van der Waals surface area contributed by atoms with Crippen molar-refractivity contribution in [3.05, 3.63) is 47.2 Å². The van der Waals surface area contributed by atoms with Gasteiger partial charge in [0.1, 0.15) is 0 Å². The van der Waals surface area contributed by atoms with Gasteiger partial charge in [0, 0.05) is 24.3 Å². The average Bonchev–Trinajstić information content (AvgIpc) is 3.04. The minimum atomic E-state index is -0.942. The second-order valence-corrected chi connectivity index (χ2v) is 5.93. The normalized spacial score (nSPS) is 17.7. The summed E-state index contributed by atoms with van der Waals surface area (Å²) in [7, 11) is 0. The van der Waals surface area contributed by atoms with E-state index in [0.717, 1.165) is 5.69 Å². The second-order valence-electron chi connectivity index (χ2n) is 5.50. The molecule has 1 fully saturated rings. The third-order valence-corrected chi connectivity index (χ3v) is 3.97.